The Morgan fingerprint density at radius 1 is 1.08 bits per heavy atom. The number of hydrogen-bond acceptors (Lipinski definition) is 4. The van der Waals surface area contributed by atoms with Gasteiger partial charge in [-0.25, -0.2) is 0 Å². The predicted octanol–water partition coefficient (Wildman–Crippen LogP) is 2.68. The van der Waals surface area contributed by atoms with E-state index in [4.69, 9.17) is 15.2 Å². The van der Waals surface area contributed by atoms with E-state index in [0.29, 0.717) is 31.9 Å². The first-order valence-corrected chi connectivity index (χ1v) is 8.45. The van der Waals surface area contributed by atoms with E-state index in [1.807, 2.05) is 42.5 Å². The molecule has 0 saturated carbocycles. The van der Waals surface area contributed by atoms with Gasteiger partial charge in [0.2, 0.25) is 5.91 Å². The smallest absolute Gasteiger partial charge is 0.224 e. The van der Waals surface area contributed by atoms with Crippen molar-refractivity contribution in [3.8, 4) is 11.5 Å². The van der Waals surface area contributed by atoms with E-state index in [0.717, 1.165) is 22.6 Å². The van der Waals surface area contributed by atoms with Gasteiger partial charge >= 0.3 is 0 Å². The Morgan fingerprint density at radius 2 is 1.76 bits per heavy atom. The number of nitrogens with one attached hydrogen (secondary N) is 1. The highest BCUT2D eigenvalue weighted by Gasteiger charge is 2.24. The van der Waals surface area contributed by atoms with Crippen LogP contribution in [0.4, 0.5) is 5.69 Å². The minimum Gasteiger partial charge on any atom is -0.486 e. The third kappa shape index (κ3) is 4.24. The van der Waals surface area contributed by atoms with Crippen molar-refractivity contribution in [3.63, 3.8) is 0 Å². The Morgan fingerprint density at radius 3 is 2.48 bits per heavy atom. The maximum Gasteiger partial charge on any atom is 0.224 e. The zero-order chi connectivity index (χ0) is 17.9. The van der Waals surface area contributed by atoms with Gasteiger partial charge in [-0.05, 0) is 35.4 Å². The maximum absolute atomic E-state index is 12.2. The summed E-state index contributed by atoms with van der Waals surface area (Å²) < 4.78 is 11.2. The van der Waals surface area contributed by atoms with Gasteiger partial charge < -0.3 is 20.5 Å². The normalized spacial score (nSPS) is 13.4. The second-order valence-electron chi connectivity index (χ2n) is 6.94. The highest BCUT2D eigenvalue weighted by atomic mass is 16.6. The summed E-state index contributed by atoms with van der Waals surface area (Å²) in [5.41, 5.74) is 8.20. The number of carbonyl (C=O) groups is 1. The summed E-state index contributed by atoms with van der Waals surface area (Å²) in [7, 11) is 0. The highest BCUT2D eigenvalue weighted by molar-refractivity contribution is 5.78. The Balaban J connectivity index is 1.61. The zero-order valence-electron chi connectivity index (χ0n) is 14.7. The molecule has 0 atom stereocenters. The molecule has 1 heterocycles. The molecule has 2 aromatic carbocycles. The Bertz CT molecular complexity index is 754. The number of hydrogen-bond donors (Lipinski definition) is 2. The molecule has 0 aliphatic carbocycles. The molecule has 2 aromatic rings. The highest BCUT2D eigenvalue weighted by Crippen LogP contribution is 2.34. The Kier molecular flexibility index (Phi) is 4.83. The Labute approximate surface area is 148 Å². The number of carbonyl (C=O) groups excluding carboxylic acids is 1. The number of amides is 1. The van der Waals surface area contributed by atoms with Crippen LogP contribution in [0, 0.1) is 0 Å². The molecule has 5 heteroatoms. The van der Waals surface area contributed by atoms with Gasteiger partial charge in [0.25, 0.3) is 0 Å². The van der Waals surface area contributed by atoms with Crippen molar-refractivity contribution >= 4 is 11.6 Å². The molecule has 1 amide bonds. The fourth-order valence-electron chi connectivity index (χ4n) is 2.77. The van der Waals surface area contributed by atoms with Crippen molar-refractivity contribution in [2.45, 2.75) is 25.7 Å². The predicted molar refractivity (Wildman–Crippen MR) is 98.0 cm³/mol. The van der Waals surface area contributed by atoms with Crippen LogP contribution < -0.4 is 20.5 Å². The molecule has 0 saturated heterocycles. The van der Waals surface area contributed by atoms with Crippen LogP contribution in [0.5, 0.6) is 11.5 Å². The average molecular weight is 340 g/mol. The molecule has 3 N–H and O–H groups in total. The first-order valence-electron chi connectivity index (χ1n) is 8.45. The lowest BCUT2D eigenvalue weighted by Gasteiger charge is -2.28. The molecule has 5 nitrogen and oxygen atoms in total. The van der Waals surface area contributed by atoms with Crippen molar-refractivity contribution in [2.24, 2.45) is 0 Å². The number of nitrogens with two attached hydrogens (primary N) is 1. The molecule has 1 aliphatic heterocycles. The molecular weight excluding hydrogens is 316 g/mol. The summed E-state index contributed by atoms with van der Waals surface area (Å²) in [6.07, 6.45) is 0.345. The maximum atomic E-state index is 12.2. The van der Waals surface area contributed by atoms with Gasteiger partial charge in [-0.1, -0.05) is 32.0 Å². The number of ether oxygens (including phenoxy) is 2. The summed E-state index contributed by atoms with van der Waals surface area (Å²) in [5.74, 6) is 1.54. The van der Waals surface area contributed by atoms with Crippen LogP contribution >= 0.6 is 0 Å². The first kappa shape index (κ1) is 17.1. The molecule has 25 heavy (non-hydrogen) atoms. The number of benzene rings is 2. The second kappa shape index (κ2) is 7.05. The topological polar surface area (TPSA) is 73.6 Å². The fraction of sp³-hybridized carbons (Fsp3) is 0.350. The van der Waals surface area contributed by atoms with Crippen LogP contribution in [0.1, 0.15) is 25.0 Å². The fourth-order valence-corrected chi connectivity index (χ4v) is 2.77. The molecule has 3 rings (SSSR count). The van der Waals surface area contributed by atoms with Crippen LogP contribution in [0.2, 0.25) is 0 Å². The van der Waals surface area contributed by atoms with E-state index in [1.54, 1.807) is 0 Å². The van der Waals surface area contributed by atoms with Crippen molar-refractivity contribution in [3.05, 3.63) is 53.6 Å². The molecule has 0 radical (unpaired) electrons. The number of rotatable bonds is 5. The quantitative estimate of drug-likeness (QED) is 0.821. The monoisotopic (exact) mass is 340 g/mol. The molecule has 0 aromatic heterocycles. The van der Waals surface area contributed by atoms with E-state index in [2.05, 4.69) is 19.2 Å². The molecule has 0 fully saturated rings. The summed E-state index contributed by atoms with van der Waals surface area (Å²) in [5, 5.41) is 3.02. The lowest BCUT2D eigenvalue weighted by molar-refractivity contribution is -0.120. The summed E-state index contributed by atoms with van der Waals surface area (Å²) in [6, 6.07) is 13.3. The largest absolute Gasteiger partial charge is 0.486 e. The molecule has 132 valence electrons. The van der Waals surface area contributed by atoms with Crippen molar-refractivity contribution < 1.29 is 14.3 Å². The van der Waals surface area contributed by atoms with Crippen molar-refractivity contribution in [2.75, 3.05) is 25.5 Å². The van der Waals surface area contributed by atoms with Gasteiger partial charge in [0, 0.05) is 17.6 Å². The second-order valence-corrected chi connectivity index (χ2v) is 6.94. The van der Waals surface area contributed by atoms with Crippen LogP contribution in [0.25, 0.3) is 0 Å². The van der Waals surface area contributed by atoms with E-state index in [9.17, 15) is 4.79 Å². The average Bonchev–Trinajstić information content (AvgIpc) is 2.62. The third-order valence-corrected chi connectivity index (χ3v) is 4.40. The summed E-state index contributed by atoms with van der Waals surface area (Å²) >= 11 is 0. The van der Waals surface area contributed by atoms with Crippen molar-refractivity contribution in [1.29, 1.82) is 0 Å². The van der Waals surface area contributed by atoms with Crippen molar-refractivity contribution in [1.82, 2.24) is 5.32 Å². The number of fused-ring (bicyclic) bond motifs is 1. The minimum atomic E-state index is -0.216. The summed E-state index contributed by atoms with van der Waals surface area (Å²) in [6.45, 7) is 5.89. The van der Waals surface area contributed by atoms with Crippen LogP contribution in [-0.2, 0) is 16.6 Å². The van der Waals surface area contributed by atoms with E-state index in [-0.39, 0.29) is 11.3 Å². The van der Waals surface area contributed by atoms with Gasteiger partial charge in [0.1, 0.15) is 13.2 Å². The van der Waals surface area contributed by atoms with E-state index >= 15 is 0 Å². The lowest BCUT2D eigenvalue weighted by Crippen LogP contribution is -2.37. The molecule has 0 spiro atoms. The molecule has 0 unspecified atom stereocenters. The van der Waals surface area contributed by atoms with Crippen LogP contribution in [0.3, 0.4) is 0 Å². The number of anilines is 1. The Hall–Kier alpha value is -2.69. The first-order chi connectivity index (χ1) is 11.9. The zero-order valence-corrected chi connectivity index (χ0v) is 14.7. The van der Waals surface area contributed by atoms with E-state index in [1.165, 1.54) is 0 Å². The van der Waals surface area contributed by atoms with Gasteiger partial charge in [0.05, 0.1) is 6.42 Å². The van der Waals surface area contributed by atoms with Gasteiger partial charge in [0.15, 0.2) is 11.5 Å². The van der Waals surface area contributed by atoms with Crippen LogP contribution in [-0.4, -0.2) is 25.7 Å². The molecular formula is C20H24N2O3. The molecule has 0 bridgehead atoms. The van der Waals surface area contributed by atoms with E-state index < -0.39 is 0 Å². The van der Waals surface area contributed by atoms with Gasteiger partial charge in [-0.3, -0.25) is 4.79 Å². The molecule has 1 aliphatic rings. The summed E-state index contributed by atoms with van der Waals surface area (Å²) in [4.78, 5) is 12.2. The lowest BCUT2D eigenvalue weighted by atomic mass is 9.84. The third-order valence-electron chi connectivity index (χ3n) is 4.40. The van der Waals surface area contributed by atoms with Crippen LogP contribution in [0.15, 0.2) is 42.5 Å². The van der Waals surface area contributed by atoms with Gasteiger partial charge in [-0.2, -0.15) is 0 Å². The van der Waals surface area contributed by atoms with Gasteiger partial charge in [-0.15, -0.1) is 0 Å². The standard InChI is InChI=1S/C20H24N2O3/c1-20(2,15-5-8-17-18(12-15)25-10-9-24-17)13-22-19(23)11-14-3-6-16(21)7-4-14/h3-8,12H,9-11,13,21H2,1-2H3,(H,22,23). The SMILES string of the molecule is CC(C)(CNC(=O)Cc1ccc(N)cc1)c1ccc2c(c1)OCCO2. The minimum absolute atomic E-state index is 0.00427. The number of nitrogen functional groups attached to an aromatic ring is 1.